The van der Waals surface area contributed by atoms with E-state index in [0.717, 1.165) is 12.4 Å². The molecule has 0 aliphatic heterocycles. The van der Waals surface area contributed by atoms with Crippen LogP contribution in [0.4, 0.5) is 4.39 Å². The summed E-state index contributed by atoms with van der Waals surface area (Å²) in [5, 5.41) is 9.09. The van der Waals surface area contributed by atoms with E-state index in [0.29, 0.717) is 17.6 Å². The predicted molar refractivity (Wildman–Crippen MR) is 52.4 cm³/mol. The van der Waals surface area contributed by atoms with E-state index in [1.54, 1.807) is 6.08 Å². The monoisotopic (exact) mass is 194 g/mol. The van der Waals surface area contributed by atoms with Crippen molar-refractivity contribution in [2.24, 2.45) is 0 Å². The van der Waals surface area contributed by atoms with E-state index < -0.39 is 5.82 Å². The van der Waals surface area contributed by atoms with Crippen LogP contribution in [0.2, 0.25) is 0 Å². The molecule has 0 aromatic heterocycles. The molecule has 0 heterocycles. The van der Waals surface area contributed by atoms with Crippen molar-refractivity contribution in [1.82, 2.24) is 0 Å². The minimum Gasteiger partial charge on any atom is -0.508 e. The van der Waals surface area contributed by atoms with Crippen LogP contribution in [0.5, 0.6) is 5.75 Å². The van der Waals surface area contributed by atoms with E-state index in [-0.39, 0.29) is 5.75 Å². The average molecular weight is 194 g/mol. The first-order valence-electron chi connectivity index (χ1n) is 4.31. The van der Waals surface area contributed by atoms with Crippen molar-refractivity contribution in [1.29, 1.82) is 0 Å². The third kappa shape index (κ3) is 2.69. The number of benzene rings is 1. The number of phenolic OH excluding ortho intramolecular Hbond substituents is 1. The van der Waals surface area contributed by atoms with Gasteiger partial charge in [0.15, 0.2) is 0 Å². The molecule has 74 valence electrons. The summed E-state index contributed by atoms with van der Waals surface area (Å²) in [5.74, 6) is -0.657. The van der Waals surface area contributed by atoms with Crippen LogP contribution in [0.1, 0.15) is 18.9 Å². The molecule has 1 N–H and O–H groups in total. The quantitative estimate of drug-likeness (QED) is 0.593. The summed E-state index contributed by atoms with van der Waals surface area (Å²) in [5.41, 5.74) is 1.06. The Kier molecular flexibility index (Phi) is 3.40. The van der Waals surface area contributed by atoms with Gasteiger partial charge in [0.2, 0.25) is 0 Å². The molecule has 0 saturated heterocycles. The molecule has 2 nitrogen and oxygen atoms in total. The van der Waals surface area contributed by atoms with E-state index in [2.05, 4.69) is 0 Å². The zero-order valence-corrected chi connectivity index (χ0v) is 7.83. The Bertz CT molecular complexity index is 349. The van der Waals surface area contributed by atoms with Gasteiger partial charge in [0.05, 0.1) is 0 Å². The number of rotatable bonds is 3. The second-order valence-electron chi connectivity index (χ2n) is 2.93. The summed E-state index contributed by atoms with van der Waals surface area (Å²) < 4.78 is 12.8. The Morgan fingerprint density at radius 3 is 2.71 bits per heavy atom. The number of halogens is 1. The fraction of sp³-hybridized carbons (Fsp3) is 0.182. The van der Waals surface area contributed by atoms with Gasteiger partial charge >= 0.3 is 0 Å². The van der Waals surface area contributed by atoms with Gasteiger partial charge in [0, 0.05) is 6.07 Å². The SMILES string of the molecule is CC/C(C=O)=C/c1cc(O)cc(F)c1. The molecule has 1 aromatic rings. The molecule has 0 saturated carbocycles. The number of allylic oxidation sites excluding steroid dienone is 1. The van der Waals surface area contributed by atoms with Gasteiger partial charge in [-0.1, -0.05) is 6.92 Å². The van der Waals surface area contributed by atoms with Crippen LogP contribution in [0.15, 0.2) is 23.8 Å². The first kappa shape index (κ1) is 10.4. The maximum Gasteiger partial charge on any atom is 0.146 e. The summed E-state index contributed by atoms with van der Waals surface area (Å²) in [4.78, 5) is 10.5. The number of aromatic hydroxyl groups is 1. The zero-order chi connectivity index (χ0) is 10.6. The molecular weight excluding hydrogens is 183 g/mol. The van der Waals surface area contributed by atoms with Gasteiger partial charge in [-0.05, 0) is 35.8 Å². The fourth-order valence-electron chi connectivity index (χ4n) is 1.11. The molecule has 0 spiro atoms. The minimum absolute atomic E-state index is 0.141. The fourth-order valence-corrected chi connectivity index (χ4v) is 1.11. The van der Waals surface area contributed by atoms with Crippen LogP contribution in [-0.4, -0.2) is 11.4 Å². The van der Waals surface area contributed by atoms with Crippen molar-refractivity contribution >= 4 is 12.4 Å². The molecule has 0 unspecified atom stereocenters. The van der Waals surface area contributed by atoms with E-state index in [9.17, 15) is 9.18 Å². The van der Waals surface area contributed by atoms with Crippen LogP contribution in [0.25, 0.3) is 6.08 Å². The van der Waals surface area contributed by atoms with Crippen molar-refractivity contribution < 1.29 is 14.3 Å². The highest BCUT2D eigenvalue weighted by Crippen LogP contribution is 2.17. The summed E-state index contributed by atoms with van der Waals surface area (Å²) in [7, 11) is 0. The number of carbonyl (C=O) groups excluding carboxylic acids is 1. The van der Waals surface area contributed by atoms with Gasteiger partial charge in [-0.2, -0.15) is 0 Å². The lowest BCUT2D eigenvalue weighted by atomic mass is 10.1. The molecule has 1 aromatic carbocycles. The third-order valence-electron chi connectivity index (χ3n) is 1.82. The standard InChI is InChI=1S/C11H11FO2/c1-2-8(7-13)3-9-4-10(12)6-11(14)5-9/h3-7,14H,2H2,1H3/b8-3-. The van der Waals surface area contributed by atoms with Crippen molar-refractivity contribution in [2.45, 2.75) is 13.3 Å². The Morgan fingerprint density at radius 2 is 2.21 bits per heavy atom. The lowest BCUT2D eigenvalue weighted by Gasteiger charge is -1.98. The molecule has 14 heavy (non-hydrogen) atoms. The number of hydrogen-bond donors (Lipinski definition) is 1. The molecule has 0 bridgehead atoms. The minimum atomic E-state index is -0.516. The van der Waals surface area contributed by atoms with Gasteiger partial charge in [0.25, 0.3) is 0 Å². The maximum atomic E-state index is 12.8. The Labute approximate surface area is 81.7 Å². The van der Waals surface area contributed by atoms with Crippen molar-refractivity contribution in [3.63, 3.8) is 0 Å². The predicted octanol–water partition coefficient (Wildman–Crippen LogP) is 2.52. The van der Waals surface area contributed by atoms with Crippen LogP contribution in [0.3, 0.4) is 0 Å². The number of aldehydes is 1. The molecule has 3 heteroatoms. The third-order valence-corrected chi connectivity index (χ3v) is 1.82. The second-order valence-corrected chi connectivity index (χ2v) is 2.93. The zero-order valence-electron chi connectivity index (χ0n) is 7.83. The summed E-state index contributed by atoms with van der Waals surface area (Å²) in [6.07, 6.45) is 2.86. The van der Waals surface area contributed by atoms with Gasteiger partial charge < -0.3 is 5.11 Å². The van der Waals surface area contributed by atoms with Crippen molar-refractivity contribution in [3.8, 4) is 5.75 Å². The van der Waals surface area contributed by atoms with Crippen LogP contribution in [-0.2, 0) is 4.79 Å². The summed E-state index contributed by atoms with van der Waals surface area (Å²) >= 11 is 0. The van der Waals surface area contributed by atoms with E-state index in [1.165, 1.54) is 12.1 Å². The van der Waals surface area contributed by atoms with Crippen molar-refractivity contribution in [2.75, 3.05) is 0 Å². The van der Waals surface area contributed by atoms with E-state index in [4.69, 9.17) is 5.11 Å². The number of carbonyl (C=O) groups is 1. The first-order valence-corrected chi connectivity index (χ1v) is 4.31. The molecule has 0 amide bonds. The van der Waals surface area contributed by atoms with Crippen molar-refractivity contribution in [3.05, 3.63) is 35.2 Å². The van der Waals surface area contributed by atoms with Crippen LogP contribution in [0, 0.1) is 5.82 Å². The lowest BCUT2D eigenvalue weighted by molar-refractivity contribution is -0.104. The lowest BCUT2D eigenvalue weighted by Crippen LogP contribution is -1.83. The summed E-state index contributed by atoms with van der Waals surface area (Å²) in [6.45, 7) is 1.83. The highest BCUT2D eigenvalue weighted by atomic mass is 19.1. The molecule has 1 rings (SSSR count). The normalized spacial score (nSPS) is 11.4. The molecule has 0 aliphatic rings. The molecular formula is C11H11FO2. The second kappa shape index (κ2) is 4.56. The van der Waals surface area contributed by atoms with Gasteiger partial charge in [-0.15, -0.1) is 0 Å². The Morgan fingerprint density at radius 1 is 1.50 bits per heavy atom. The topological polar surface area (TPSA) is 37.3 Å². The molecule has 0 radical (unpaired) electrons. The van der Waals surface area contributed by atoms with Gasteiger partial charge in [0.1, 0.15) is 17.9 Å². The average Bonchev–Trinajstić information content (AvgIpc) is 2.12. The van der Waals surface area contributed by atoms with Crippen LogP contribution < -0.4 is 0 Å². The number of hydrogen-bond acceptors (Lipinski definition) is 2. The van der Waals surface area contributed by atoms with Crippen LogP contribution >= 0.6 is 0 Å². The largest absolute Gasteiger partial charge is 0.508 e. The Hall–Kier alpha value is -1.64. The maximum absolute atomic E-state index is 12.8. The van der Waals surface area contributed by atoms with E-state index in [1.807, 2.05) is 6.92 Å². The van der Waals surface area contributed by atoms with Gasteiger partial charge in [-0.3, -0.25) is 4.79 Å². The highest BCUT2D eigenvalue weighted by molar-refractivity contribution is 5.81. The van der Waals surface area contributed by atoms with Gasteiger partial charge in [-0.25, -0.2) is 4.39 Å². The Balaban J connectivity index is 3.07. The van der Waals surface area contributed by atoms with E-state index >= 15 is 0 Å². The first-order chi connectivity index (χ1) is 6.65. The molecule has 0 atom stereocenters. The number of phenols is 1. The molecule has 0 aliphatic carbocycles. The smallest absolute Gasteiger partial charge is 0.146 e. The summed E-state index contributed by atoms with van der Waals surface area (Å²) in [6, 6.07) is 3.69. The molecule has 0 fully saturated rings. The highest BCUT2D eigenvalue weighted by Gasteiger charge is 1.98.